The second-order valence-corrected chi connectivity index (χ2v) is 5.32. The first-order valence-corrected chi connectivity index (χ1v) is 8.18. The SMILES string of the molecule is CCC([c-]1cccc1)[c-]1cccc1.[Fe].[Fe].[cH-]1[cH-][cH-][cH-][cH-]1.c1cc[cH-]c1. The molecule has 0 radical (unpaired) electrons. The van der Waals surface area contributed by atoms with E-state index in [1.165, 1.54) is 17.5 Å². The summed E-state index contributed by atoms with van der Waals surface area (Å²) >= 11 is 0. The van der Waals surface area contributed by atoms with E-state index < -0.39 is 0 Å². The van der Waals surface area contributed by atoms with Gasteiger partial charge in [0.2, 0.25) is 0 Å². The molecular formula is C23H24Fe2-8. The number of hydrogen-bond acceptors (Lipinski definition) is 0. The normalized spacial score (nSPS) is 8.88. The molecule has 0 fully saturated rings. The summed E-state index contributed by atoms with van der Waals surface area (Å²) in [5.41, 5.74) is 2.88. The van der Waals surface area contributed by atoms with Crippen LogP contribution < -0.4 is 0 Å². The van der Waals surface area contributed by atoms with Crippen LogP contribution >= 0.6 is 0 Å². The Labute approximate surface area is 173 Å². The molecular weight excluding hydrogens is 388 g/mol. The Hall–Kier alpha value is -1.56. The van der Waals surface area contributed by atoms with Crippen molar-refractivity contribution in [3.05, 3.63) is 120 Å². The molecule has 0 spiro atoms. The minimum atomic E-state index is 0. The van der Waals surface area contributed by atoms with E-state index in [9.17, 15) is 0 Å². The van der Waals surface area contributed by atoms with Crippen molar-refractivity contribution in [1.82, 2.24) is 0 Å². The Balaban J connectivity index is 0.000000400. The van der Waals surface area contributed by atoms with E-state index in [0.29, 0.717) is 5.92 Å². The molecule has 0 amide bonds. The van der Waals surface area contributed by atoms with Gasteiger partial charge in [0.25, 0.3) is 0 Å². The third kappa shape index (κ3) is 8.91. The van der Waals surface area contributed by atoms with Gasteiger partial charge >= 0.3 is 0 Å². The van der Waals surface area contributed by atoms with Crippen LogP contribution in [0.3, 0.4) is 0 Å². The first-order chi connectivity index (χ1) is 11.4. The van der Waals surface area contributed by atoms with Gasteiger partial charge in [-0.15, -0.1) is 0 Å². The summed E-state index contributed by atoms with van der Waals surface area (Å²) in [5, 5.41) is 0. The summed E-state index contributed by atoms with van der Waals surface area (Å²) in [6, 6.07) is 37.3. The van der Waals surface area contributed by atoms with Gasteiger partial charge in [-0.05, 0) is 0 Å². The van der Waals surface area contributed by atoms with Crippen LogP contribution in [0.4, 0.5) is 0 Å². The summed E-state index contributed by atoms with van der Waals surface area (Å²) in [4.78, 5) is 0. The summed E-state index contributed by atoms with van der Waals surface area (Å²) < 4.78 is 0. The van der Waals surface area contributed by atoms with Crippen LogP contribution in [0.25, 0.3) is 0 Å². The molecule has 140 valence electrons. The van der Waals surface area contributed by atoms with Crippen molar-refractivity contribution in [2.45, 2.75) is 19.3 Å². The Morgan fingerprint density at radius 3 is 1.24 bits per heavy atom. The Morgan fingerprint density at radius 1 is 0.640 bits per heavy atom. The molecule has 25 heavy (non-hydrogen) atoms. The minimum Gasteiger partial charge on any atom is -0.748 e. The zero-order chi connectivity index (χ0) is 16.2. The molecule has 0 aromatic heterocycles. The smallest absolute Gasteiger partial charge is 0 e. The molecule has 0 saturated heterocycles. The Bertz CT molecular complexity index is 562. The third-order valence-electron chi connectivity index (χ3n) is 3.70. The molecule has 0 N–H and O–H groups in total. The van der Waals surface area contributed by atoms with Gasteiger partial charge in [0.1, 0.15) is 0 Å². The fraction of sp³-hybridized carbons (Fsp3) is 0.130. The maximum atomic E-state index is 2.24. The van der Waals surface area contributed by atoms with Crippen LogP contribution in [0, 0.1) is 0 Å². The second kappa shape index (κ2) is 14.8. The maximum Gasteiger partial charge on any atom is 0 e. The summed E-state index contributed by atoms with van der Waals surface area (Å²) in [5.74, 6) is 0.588. The van der Waals surface area contributed by atoms with Crippen LogP contribution in [-0.4, -0.2) is 0 Å². The molecule has 4 rings (SSSR count). The zero-order valence-electron chi connectivity index (χ0n) is 14.4. The molecule has 0 bridgehead atoms. The number of rotatable bonds is 3. The first kappa shape index (κ1) is 23.4. The van der Waals surface area contributed by atoms with Gasteiger partial charge in [-0.25, -0.2) is 36.4 Å². The molecule has 4 aromatic rings. The van der Waals surface area contributed by atoms with Crippen LogP contribution in [0.2, 0.25) is 0 Å². The van der Waals surface area contributed by atoms with Crippen molar-refractivity contribution >= 4 is 0 Å². The van der Waals surface area contributed by atoms with Gasteiger partial charge in [0.15, 0.2) is 0 Å². The van der Waals surface area contributed by atoms with Crippen LogP contribution in [0.15, 0.2) is 109 Å². The van der Waals surface area contributed by atoms with Crippen molar-refractivity contribution in [3.63, 3.8) is 0 Å². The van der Waals surface area contributed by atoms with Gasteiger partial charge in [0.05, 0.1) is 0 Å². The third-order valence-corrected chi connectivity index (χ3v) is 3.70. The van der Waals surface area contributed by atoms with E-state index in [-0.39, 0.29) is 34.1 Å². The number of hydrogen-bond donors (Lipinski definition) is 0. The molecule has 0 unspecified atom stereocenters. The van der Waals surface area contributed by atoms with Gasteiger partial charge < -0.3 is 30.3 Å². The van der Waals surface area contributed by atoms with Gasteiger partial charge in [0, 0.05) is 34.1 Å². The zero-order valence-corrected chi connectivity index (χ0v) is 16.6. The molecule has 0 aliphatic carbocycles. The summed E-state index contributed by atoms with van der Waals surface area (Å²) in [6.45, 7) is 2.24. The topological polar surface area (TPSA) is 0 Å². The monoisotopic (exact) mass is 412 g/mol. The first-order valence-electron chi connectivity index (χ1n) is 8.18. The molecule has 0 atom stereocenters. The second-order valence-electron chi connectivity index (χ2n) is 5.32. The summed E-state index contributed by atoms with van der Waals surface area (Å²) in [6.07, 6.45) is 1.17. The molecule has 0 heterocycles. The van der Waals surface area contributed by atoms with E-state index in [4.69, 9.17) is 0 Å². The van der Waals surface area contributed by atoms with E-state index in [2.05, 4.69) is 55.5 Å². The van der Waals surface area contributed by atoms with Crippen LogP contribution in [-0.2, 0) is 34.1 Å². The maximum absolute atomic E-state index is 2.24. The average molecular weight is 412 g/mol. The van der Waals surface area contributed by atoms with E-state index in [0.717, 1.165) is 0 Å². The van der Waals surface area contributed by atoms with E-state index in [1.807, 2.05) is 60.7 Å². The average Bonchev–Trinajstić information content (AvgIpc) is 3.40. The van der Waals surface area contributed by atoms with Crippen LogP contribution in [0.1, 0.15) is 30.4 Å². The standard InChI is InChI=1S/C13H14.2C5H5.2Fe/c1-2-13(11-7-3-4-8-11)12-9-5-6-10-12;2*1-2-4-5-3-1;;/h3-10,13H,2H2,1H3;2*1-5H;;/q-2;-5;-1;;. The van der Waals surface area contributed by atoms with Crippen molar-refractivity contribution in [3.8, 4) is 0 Å². The van der Waals surface area contributed by atoms with Crippen molar-refractivity contribution in [2.24, 2.45) is 0 Å². The predicted molar refractivity (Wildman–Crippen MR) is 100 cm³/mol. The van der Waals surface area contributed by atoms with Gasteiger partial charge in [-0.3, -0.25) is 0 Å². The van der Waals surface area contributed by atoms with Gasteiger partial charge in [-0.2, -0.15) is 53.6 Å². The summed E-state index contributed by atoms with van der Waals surface area (Å²) in [7, 11) is 0. The predicted octanol–water partition coefficient (Wildman–Crippen LogP) is 6.47. The molecule has 0 saturated carbocycles. The molecule has 4 aromatic carbocycles. The fourth-order valence-electron chi connectivity index (χ4n) is 2.55. The van der Waals surface area contributed by atoms with Crippen molar-refractivity contribution < 1.29 is 34.1 Å². The van der Waals surface area contributed by atoms with Crippen molar-refractivity contribution in [1.29, 1.82) is 0 Å². The quantitative estimate of drug-likeness (QED) is 0.267. The van der Waals surface area contributed by atoms with E-state index in [1.54, 1.807) is 0 Å². The largest absolute Gasteiger partial charge is 0.748 e. The van der Waals surface area contributed by atoms with Crippen molar-refractivity contribution in [2.75, 3.05) is 0 Å². The molecule has 0 aliphatic rings. The molecule has 0 aliphatic heterocycles. The van der Waals surface area contributed by atoms with E-state index >= 15 is 0 Å². The Kier molecular flexibility index (Phi) is 13.8. The van der Waals surface area contributed by atoms with Gasteiger partial charge in [-0.1, -0.05) is 19.3 Å². The Morgan fingerprint density at radius 2 is 1.00 bits per heavy atom. The molecule has 0 nitrogen and oxygen atoms in total. The molecule has 2 heteroatoms. The minimum absolute atomic E-state index is 0. The van der Waals surface area contributed by atoms with Crippen LogP contribution in [0.5, 0.6) is 0 Å². The fourth-order valence-corrected chi connectivity index (χ4v) is 2.55.